The molecule has 108 valence electrons. The maximum absolute atomic E-state index is 12.5. The molecule has 0 atom stereocenters. The van der Waals surface area contributed by atoms with Crippen LogP contribution in [0.25, 0.3) is 0 Å². The summed E-state index contributed by atoms with van der Waals surface area (Å²) in [5.74, 6) is 0. The van der Waals surface area contributed by atoms with Crippen LogP contribution in [-0.2, 0) is 16.6 Å². The van der Waals surface area contributed by atoms with Gasteiger partial charge in [-0.05, 0) is 26.0 Å². The molecule has 0 radical (unpaired) electrons. The molecular formula is C13H18N4O2S. The van der Waals surface area contributed by atoms with E-state index in [9.17, 15) is 8.42 Å². The first-order chi connectivity index (χ1) is 9.45. The Bertz CT molecular complexity index is 693. The molecule has 0 saturated carbocycles. The Morgan fingerprint density at radius 1 is 1.25 bits per heavy atom. The van der Waals surface area contributed by atoms with Crippen molar-refractivity contribution in [1.29, 1.82) is 0 Å². The zero-order valence-electron chi connectivity index (χ0n) is 11.5. The van der Waals surface area contributed by atoms with E-state index in [1.807, 2.05) is 6.07 Å². The van der Waals surface area contributed by atoms with Crippen molar-refractivity contribution in [3.8, 4) is 0 Å². The normalized spacial score (nSPS) is 11.6. The number of nitrogens with zero attached hydrogens (tertiary/aromatic N) is 2. The predicted molar refractivity (Wildman–Crippen MR) is 78.0 cm³/mol. The molecule has 0 fully saturated rings. The average Bonchev–Trinajstić information content (AvgIpc) is 2.66. The van der Waals surface area contributed by atoms with E-state index in [0.717, 1.165) is 0 Å². The van der Waals surface area contributed by atoms with Crippen LogP contribution in [0.4, 0.5) is 5.69 Å². The van der Waals surface area contributed by atoms with Crippen LogP contribution in [0.3, 0.4) is 0 Å². The third kappa shape index (κ3) is 2.83. The molecule has 20 heavy (non-hydrogen) atoms. The SMILES string of the molecule is Cc1nn(CCN)c(C)c1S(=O)(=O)Nc1ccccc1. The van der Waals surface area contributed by atoms with Gasteiger partial charge in [0.1, 0.15) is 4.90 Å². The molecule has 0 amide bonds. The topological polar surface area (TPSA) is 90.0 Å². The van der Waals surface area contributed by atoms with Gasteiger partial charge in [-0.1, -0.05) is 18.2 Å². The van der Waals surface area contributed by atoms with E-state index in [1.54, 1.807) is 42.8 Å². The van der Waals surface area contributed by atoms with Gasteiger partial charge in [0.15, 0.2) is 0 Å². The number of aromatic nitrogens is 2. The lowest BCUT2D eigenvalue weighted by Crippen LogP contribution is -2.16. The van der Waals surface area contributed by atoms with Crippen LogP contribution in [0, 0.1) is 13.8 Å². The first-order valence-corrected chi connectivity index (χ1v) is 7.76. The van der Waals surface area contributed by atoms with E-state index in [1.165, 1.54) is 0 Å². The minimum absolute atomic E-state index is 0.217. The number of hydrogen-bond donors (Lipinski definition) is 2. The quantitative estimate of drug-likeness (QED) is 0.868. The molecule has 0 aliphatic carbocycles. The maximum atomic E-state index is 12.5. The molecule has 0 saturated heterocycles. The van der Waals surface area contributed by atoms with Crippen molar-refractivity contribution >= 4 is 15.7 Å². The highest BCUT2D eigenvalue weighted by Gasteiger charge is 2.24. The zero-order chi connectivity index (χ0) is 14.8. The number of hydrogen-bond acceptors (Lipinski definition) is 4. The largest absolute Gasteiger partial charge is 0.329 e. The molecule has 1 aromatic carbocycles. The molecule has 2 rings (SSSR count). The smallest absolute Gasteiger partial charge is 0.265 e. The summed E-state index contributed by atoms with van der Waals surface area (Å²) < 4.78 is 29.1. The number of rotatable bonds is 5. The molecule has 0 aliphatic rings. The van der Waals surface area contributed by atoms with Crippen LogP contribution in [0.1, 0.15) is 11.4 Å². The number of para-hydroxylation sites is 1. The Morgan fingerprint density at radius 2 is 1.90 bits per heavy atom. The molecule has 1 aromatic heterocycles. The van der Waals surface area contributed by atoms with Gasteiger partial charge in [-0.2, -0.15) is 5.10 Å². The second kappa shape index (κ2) is 5.64. The Kier molecular flexibility index (Phi) is 4.10. The Labute approximate surface area is 118 Å². The predicted octanol–water partition coefficient (Wildman–Crippen LogP) is 1.26. The summed E-state index contributed by atoms with van der Waals surface area (Å²) in [6.45, 7) is 4.32. The van der Waals surface area contributed by atoms with E-state index in [4.69, 9.17) is 5.73 Å². The summed E-state index contributed by atoms with van der Waals surface area (Å²) in [7, 11) is -3.65. The van der Waals surface area contributed by atoms with Crippen molar-refractivity contribution in [2.75, 3.05) is 11.3 Å². The third-order valence-corrected chi connectivity index (χ3v) is 4.58. The van der Waals surface area contributed by atoms with Crippen LogP contribution < -0.4 is 10.5 Å². The van der Waals surface area contributed by atoms with E-state index >= 15 is 0 Å². The lowest BCUT2D eigenvalue weighted by atomic mass is 10.3. The molecule has 7 heteroatoms. The van der Waals surface area contributed by atoms with Crippen LogP contribution in [-0.4, -0.2) is 24.7 Å². The molecule has 0 unspecified atom stereocenters. The van der Waals surface area contributed by atoms with Crippen LogP contribution in [0.15, 0.2) is 35.2 Å². The first kappa shape index (κ1) is 14.5. The van der Waals surface area contributed by atoms with Gasteiger partial charge in [-0.25, -0.2) is 8.42 Å². The van der Waals surface area contributed by atoms with E-state index < -0.39 is 10.0 Å². The highest BCUT2D eigenvalue weighted by molar-refractivity contribution is 7.92. The summed E-state index contributed by atoms with van der Waals surface area (Å²) in [5, 5.41) is 4.23. The van der Waals surface area contributed by atoms with Crippen molar-refractivity contribution in [2.24, 2.45) is 5.73 Å². The highest BCUT2D eigenvalue weighted by atomic mass is 32.2. The van der Waals surface area contributed by atoms with Crippen molar-refractivity contribution in [1.82, 2.24) is 9.78 Å². The molecular weight excluding hydrogens is 276 g/mol. The Hall–Kier alpha value is -1.86. The fourth-order valence-electron chi connectivity index (χ4n) is 2.12. The maximum Gasteiger partial charge on any atom is 0.265 e. The minimum Gasteiger partial charge on any atom is -0.329 e. The van der Waals surface area contributed by atoms with Gasteiger partial charge in [0.05, 0.1) is 17.9 Å². The molecule has 1 heterocycles. The number of nitrogens with two attached hydrogens (primary N) is 1. The van der Waals surface area contributed by atoms with Crippen molar-refractivity contribution < 1.29 is 8.42 Å². The fourth-order valence-corrected chi connectivity index (χ4v) is 3.59. The van der Waals surface area contributed by atoms with Gasteiger partial charge in [-0.3, -0.25) is 9.40 Å². The third-order valence-electron chi connectivity index (χ3n) is 2.95. The summed E-state index contributed by atoms with van der Waals surface area (Å²) in [4.78, 5) is 0.217. The number of nitrogens with one attached hydrogen (secondary N) is 1. The van der Waals surface area contributed by atoms with Gasteiger partial charge in [0, 0.05) is 12.2 Å². The van der Waals surface area contributed by atoms with E-state index in [0.29, 0.717) is 30.2 Å². The van der Waals surface area contributed by atoms with Crippen molar-refractivity contribution in [3.63, 3.8) is 0 Å². The number of benzene rings is 1. The molecule has 6 nitrogen and oxygen atoms in total. The van der Waals surface area contributed by atoms with Crippen molar-refractivity contribution in [2.45, 2.75) is 25.3 Å². The van der Waals surface area contributed by atoms with Crippen LogP contribution >= 0.6 is 0 Å². The molecule has 0 spiro atoms. The summed E-state index contributed by atoms with van der Waals surface area (Å²) in [5.41, 5.74) is 7.09. The van der Waals surface area contributed by atoms with E-state index in [2.05, 4.69) is 9.82 Å². The summed E-state index contributed by atoms with van der Waals surface area (Å²) >= 11 is 0. The average molecular weight is 294 g/mol. The monoisotopic (exact) mass is 294 g/mol. The van der Waals surface area contributed by atoms with Gasteiger partial charge < -0.3 is 5.73 Å². The van der Waals surface area contributed by atoms with Gasteiger partial charge in [-0.15, -0.1) is 0 Å². The first-order valence-electron chi connectivity index (χ1n) is 6.27. The standard InChI is InChI=1S/C13H18N4O2S/c1-10-13(11(2)17(15-10)9-8-14)20(18,19)16-12-6-4-3-5-7-12/h3-7,16H,8-9,14H2,1-2H3. The molecule has 0 aliphatic heterocycles. The number of aryl methyl sites for hydroxylation is 1. The van der Waals surface area contributed by atoms with Crippen LogP contribution in [0.2, 0.25) is 0 Å². The Morgan fingerprint density at radius 3 is 2.50 bits per heavy atom. The summed E-state index contributed by atoms with van der Waals surface area (Å²) in [6.07, 6.45) is 0. The minimum atomic E-state index is -3.65. The second-order valence-electron chi connectivity index (χ2n) is 4.48. The lowest BCUT2D eigenvalue weighted by Gasteiger charge is -2.08. The Balaban J connectivity index is 2.40. The molecule has 0 bridgehead atoms. The zero-order valence-corrected chi connectivity index (χ0v) is 12.3. The van der Waals surface area contributed by atoms with E-state index in [-0.39, 0.29) is 4.90 Å². The highest BCUT2D eigenvalue weighted by Crippen LogP contribution is 2.22. The van der Waals surface area contributed by atoms with Crippen molar-refractivity contribution in [3.05, 3.63) is 41.7 Å². The molecule has 2 aromatic rings. The number of anilines is 1. The van der Waals surface area contributed by atoms with Gasteiger partial charge in [0.2, 0.25) is 0 Å². The van der Waals surface area contributed by atoms with Gasteiger partial charge >= 0.3 is 0 Å². The lowest BCUT2D eigenvalue weighted by molar-refractivity contribution is 0.593. The molecule has 3 N–H and O–H groups in total. The summed E-state index contributed by atoms with van der Waals surface area (Å²) in [6, 6.07) is 8.78. The second-order valence-corrected chi connectivity index (χ2v) is 6.10. The van der Waals surface area contributed by atoms with Crippen LogP contribution in [0.5, 0.6) is 0 Å². The number of sulfonamides is 1. The fraction of sp³-hybridized carbons (Fsp3) is 0.308. The van der Waals surface area contributed by atoms with Gasteiger partial charge in [0.25, 0.3) is 10.0 Å².